The molecule has 3 N–H and O–H groups in total. The molecule has 0 radical (unpaired) electrons. The third-order valence-electron chi connectivity index (χ3n) is 4.45. The first-order valence-electron chi connectivity index (χ1n) is 9.74. The van der Waals surface area contributed by atoms with Gasteiger partial charge in [0, 0.05) is 19.6 Å². The number of rotatable bonds is 12. The van der Waals surface area contributed by atoms with Crippen LogP contribution in [0.5, 0.6) is 0 Å². The zero-order chi connectivity index (χ0) is 19.1. The SMILES string of the molecule is CNCC(C)(C)CC(C)(C)CNCCC(C)(C)CNCC(C)(C)C. The van der Waals surface area contributed by atoms with Crippen LogP contribution in [0.25, 0.3) is 0 Å². The monoisotopic (exact) mass is 341 g/mol. The Kier molecular flexibility index (Phi) is 9.49. The van der Waals surface area contributed by atoms with Crippen molar-refractivity contribution in [3.8, 4) is 0 Å². The highest BCUT2D eigenvalue weighted by Crippen LogP contribution is 2.32. The van der Waals surface area contributed by atoms with Crippen molar-refractivity contribution in [2.45, 2.75) is 75.2 Å². The summed E-state index contributed by atoms with van der Waals surface area (Å²) in [7, 11) is 2.04. The molecule has 0 atom stereocenters. The van der Waals surface area contributed by atoms with Crippen LogP contribution in [0.2, 0.25) is 0 Å². The lowest BCUT2D eigenvalue weighted by Crippen LogP contribution is -2.39. The van der Waals surface area contributed by atoms with Crippen molar-refractivity contribution in [1.29, 1.82) is 0 Å². The maximum atomic E-state index is 3.70. The third kappa shape index (κ3) is 13.2. The van der Waals surface area contributed by atoms with E-state index in [1.165, 1.54) is 12.8 Å². The van der Waals surface area contributed by atoms with Gasteiger partial charge in [-0.25, -0.2) is 0 Å². The first kappa shape index (κ1) is 23.9. The first-order valence-corrected chi connectivity index (χ1v) is 9.74. The predicted octanol–water partition coefficient (Wildman–Crippen LogP) is 4.29. The lowest BCUT2D eigenvalue weighted by Gasteiger charge is -2.35. The minimum Gasteiger partial charge on any atom is -0.319 e. The van der Waals surface area contributed by atoms with Crippen LogP contribution in [0, 0.1) is 21.7 Å². The maximum Gasteiger partial charge on any atom is 0.000322 e. The average Bonchev–Trinajstić information content (AvgIpc) is 2.31. The summed E-state index contributed by atoms with van der Waals surface area (Å²) in [6, 6.07) is 0. The van der Waals surface area contributed by atoms with Crippen LogP contribution >= 0.6 is 0 Å². The Balaban J connectivity index is 4.09. The smallest absolute Gasteiger partial charge is 0.000322 e. The molecule has 0 unspecified atom stereocenters. The Hall–Kier alpha value is -0.120. The van der Waals surface area contributed by atoms with Gasteiger partial charge in [0.25, 0.3) is 0 Å². The van der Waals surface area contributed by atoms with Crippen LogP contribution in [0.15, 0.2) is 0 Å². The van der Waals surface area contributed by atoms with Gasteiger partial charge in [-0.3, -0.25) is 0 Å². The minimum absolute atomic E-state index is 0.328. The summed E-state index contributed by atoms with van der Waals surface area (Å²) in [4.78, 5) is 0. The van der Waals surface area contributed by atoms with Crippen LogP contribution in [0.3, 0.4) is 0 Å². The van der Waals surface area contributed by atoms with E-state index >= 15 is 0 Å². The Bertz CT molecular complexity index is 337. The molecule has 0 bridgehead atoms. The first-order chi connectivity index (χ1) is 10.7. The van der Waals surface area contributed by atoms with Gasteiger partial charge in [0.2, 0.25) is 0 Å². The van der Waals surface area contributed by atoms with E-state index in [9.17, 15) is 0 Å². The van der Waals surface area contributed by atoms with Crippen LogP contribution in [0.1, 0.15) is 75.2 Å². The summed E-state index contributed by atoms with van der Waals surface area (Å²) in [5, 5.41) is 10.7. The Labute approximate surface area is 153 Å². The zero-order valence-electron chi connectivity index (χ0n) is 18.4. The molecule has 0 aliphatic carbocycles. The molecule has 0 spiro atoms. The van der Waals surface area contributed by atoms with Crippen molar-refractivity contribution in [1.82, 2.24) is 16.0 Å². The largest absolute Gasteiger partial charge is 0.319 e. The molecule has 3 heteroatoms. The minimum atomic E-state index is 0.328. The molecule has 0 saturated heterocycles. The van der Waals surface area contributed by atoms with E-state index < -0.39 is 0 Å². The fourth-order valence-electron chi connectivity index (χ4n) is 3.62. The zero-order valence-corrected chi connectivity index (χ0v) is 18.4. The lowest BCUT2D eigenvalue weighted by atomic mass is 9.75. The molecule has 0 aromatic heterocycles. The van der Waals surface area contributed by atoms with Gasteiger partial charge in [-0.15, -0.1) is 0 Å². The van der Waals surface area contributed by atoms with Crippen molar-refractivity contribution < 1.29 is 0 Å². The predicted molar refractivity (Wildman–Crippen MR) is 110 cm³/mol. The Morgan fingerprint density at radius 1 is 0.583 bits per heavy atom. The normalized spacial score (nSPS) is 14.2. The van der Waals surface area contributed by atoms with Crippen LogP contribution in [0.4, 0.5) is 0 Å². The number of nitrogens with one attached hydrogen (secondary N) is 3. The van der Waals surface area contributed by atoms with E-state index in [0.717, 1.165) is 32.7 Å². The second-order valence-corrected chi connectivity index (χ2v) is 11.3. The van der Waals surface area contributed by atoms with E-state index in [1.54, 1.807) is 0 Å². The van der Waals surface area contributed by atoms with Gasteiger partial charge in [0.05, 0.1) is 0 Å². The van der Waals surface area contributed by atoms with E-state index in [-0.39, 0.29) is 0 Å². The van der Waals surface area contributed by atoms with E-state index in [4.69, 9.17) is 0 Å². The van der Waals surface area contributed by atoms with Crippen molar-refractivity contribution >= 4 is 0 Å². The van der Waals surface area contributed by atoms with Gasteiger partial charge in [-0.1, -0.05) is 62.3 Å². The Morgan fingerprint density at radius 2 is 1.08 bits per heavy atom. The van der Waals surface area contributed by atoms with E-state index in [0.29, 0.717) is 21.7 Å². The summed E-state index contributed by atoms with van der Waals surface area (Å²) >= 11 is 0. The van der Waals surface area contributed by atoms with Gasteiger partial charge in [-0.2, -0.15) is 0 Å². The molecule has 0 aliphatic rings. The molecule has 0 aromatic rings. The number of hydrogen-bond donors (Lipinski definition) is 3. The van der Waals surface area contributed by atoms with Crippen molar-refractivity contribution in [3.63, 3.8) is 0 Å². The maximum absolute atomic E-state index is 3.70. The number of hydrogen-bond acceptors (Lipinski definition) is 3. The molecule has 0 heterocycles. The molecule has 146 valence electrons. The van der Waals surface area contributed by atoms with Crippen LogP contribution < -0.4 is 16.0 Å². The molecule has 3 nitrogen and oxygen atoms in total. The fraction of sp³-hybridized carbons (Fsp3) is 1.00. The quantitative estimate of drug-likeness (QED) is 0.463. The standard InChI is InChI=1S/C21H47N3/c1-18(2,3)14-24-16-19(4,5)11-12-23-17-21(8,9)13-20(6,7)15-22-10/h22-24H,11-17H2,1-10H3. The highest BCUT2D eigenvalue weighted by Gasteiger charge is 2.28. The van der Waals surface area contributed by atoms with Crippen molar-refractivity contribution in [2.24, 2.45) is 21.7 Å². The third-order valence-corrected chi connectivity index (χ3v) is 4.45. The summed E-state index contributed by atoms with van der Waals surface area (Å²) in [6.45, 7) is 26.5. The molecule has 0 amide bonds. The van der Waals surface area contributed by atoms with E-state index in [1.807, 2.05) is 7.05 Å². The average molecular weight is 342 g/mol. The Morgan fingerprint density at radius 3 is 1.58 bits per heavy atom. The molecule has 24 heavy (non-hydrogen) atoms. The summed E-state index contributed by atoms with van der Waals surface area (Å²) in [5.41, 5.74) is 1.37. The molecule has 0 aliphatic heterocycles. The summed E-state index contributed by atoms with van der Waals surface area (Å²) in [6.07, 6.45) is 2.44. The molecule has 0 fully saturated rings. The molecular weight excluding hydrogens is 294 g/mol. The highest BCUT2D eigenvalue weighted by molar-refractivity contribution is 4.82. The molecule has 0 saturated carbocycles. The van der Waals surface area contributed by atoms with Gasteiger partial charge >= 0.3 is 0 Å². The summed E-state index contributed by atoms with van der Waals surface area (Å²) < 4.78 is 0. The second-order valence-electron chi connectivity index (χ2n) is 11.3. The van der Waals surface area contributed by atoms with E-state index in [2.05, 4.69) is 78.3 Å². The fourth-order valence-corrected chi connectivity index (χ4v) is 3.62. The van der Waals surface area contributed by atoms with Crippen molar-refractivity contribution in [2.75, 3.05) is 39.8 Å². The summed E-state index contributed by atoms with van der Waals surface area (Å²) in [5.74, 6) is 0. The topological polar surface area (TPSA) is 36.1 Å². The molecule has 0 rings (SSSR count). The van der Waals surface area contributed by atoms with Gasteiger partial charge in [0.1, 0.15) is 0 Å². The molecular formula is C21H47N3. The molecule has 0 aromatic carbocycles. The van der Waals surface area contributed by atoms with Crippen molar-refractivity contribution in [3.05, 3.63) is 0 Å². The van der Waals surface area contributed by atoms with Gasteiger partial charge in [0.15, 0.2) is 0 Å². The second kappa shape index (κ2) is 9.54. The highest BCUT2D eigenvalue weighted by atomic mass is 14.9. The lowest BCUT2D eigenvalue weighted by molar-refractivity contribution is 0.184. The van der Waals surface area contributed by atoms with Crippen LogP contribution in [-0.2, 0) is 0 Å². The van der Waals surface area contributed by atoms with Gasteiger partial charge < -0.3 is 16.0 Å². The van der Waals surface area contributed by atoms with Gasteiger partial charge in [-0.05, 0) is 54.6 Å². The van der Waals surface area contributed by atoms with Crippen LogP contribution in [-0.4, -0.2) is 39.8 Å².